The maximum atomic E-state index is 11.9. The normalized spacial score (nSPS) is 11.0. The minimum absolute atomic E-state index is 0. The Kier molecular flexibility index (Phi) is 14.2. The number of benzene rings is 2. The summed E-state index contributed by atoms with van der Waals surface area (Å²) in [6, 6.07) is 23.0. The topological polar surface area (TPSA) is 125 Å². The van der Waals surface area contributed by atoms with Gasteiger partial charge >= 0.3 is 0 Å². The van der Waals surface area contributed by atoms with E-state index < -0.39 is 0 Å². The first-order chi connectivity index (χ1) is 20.8. The van der Waals surface area contributed by atoms with Gasteiger partial charge in [0.25, 0.3) is 0 Å². The van der Waals surface area contributed by atoms with Crippen LogP contribution in [0.3, 0.4) is 0 Å². The number of aromatic nitrogens is 4. The van der Waals surface area contributed by atoms with Crippen LogP contribution in [0.15, 0.2) is 99.3 Å². The van der Waals surface area contributed by atoms with E-state index >= 15 is 0 Å². The van der Waals surface area contributed by atoms with Crippen molar-refractivity contribution in [1.82, 2.24) is 19.9 Å². The van der Waals surface area contributed by atoms with Crippen LogP contribution in [0.5, 0.6) is 0 Å². The van der Waals surface area contributed by atoms with E-state index in [-0.39, 0.29) is 30.9 Å². The monoisotopic (exact) mass is 775 g/mol. The van der Waals surface area contributed by atoms with E-state index in [4.69, 9.17) is 23.8 Å². The van der Waals surface area contributed by atoms with Gasteiger partial charge in [0.2, 0.25) is 11.8 Å². The Hall–Kier alpha value is -3.36. The summed E-state index contributed by atoms with van der Waals surface area (Å²) in [6.45, 7) is 0. The molecule has 14 heteroatoms. The summed E-state index contributed by atoms with van der Waals surface area (Å²) in [5, 5.41) is 9.12. The van der Waals surface area contributed by atoms with E-state index in [1.165, 1.54) is 23.0 Å². The Labute approximate surface area is 286 Å². The number of imidazole rings is 1. The highest BCUT2D eigenvalue weighted by atomic mass is 79.9. The van der Waals surface area contributed by atoms with Gasteiger partial charge in [-0.25, -0.2) is 15.0 Å². The quantitative estimate of drug-likeness (QED) is 0.0776. The summed E-state index contributed by atoms with van der Waals surface area (Å²) in [4.78, 5) is 39.2. The highest BCUT2D eigenvalue weighted by molar-refractivity contribution is 9.10. The third kappa shape index (κ3) is 11.3. The van der Waals surface area contributed by atoms with Crippen LogP contribution in [0.1, 0.15) is 13.0 Å². The highest BCUT2D eigenvalue weighted by Gasteiger charge is 2.12. The number of thioether (sulfide) groups is 1. The minimum Gasteiger partial charge on any atom is -0.350 e. The number of para-hydroxylation sites is 3. The van der Waals surface area contributed by atoms with Gasteiger partial charge in [-0.05, 0) is 79.9 Å². The molecule has 0 saturated carbocycles. The molecule has 0 fully saturated rings. The van der Waals surface area contributed by atoms with Crippen LogP contribution in [0.2, 0.25) is 0 Å². The number of pyridine rings is 2. The number of carbonyl (C=O) groups is 2. The lowest BCUT2D eigenvalue weighted by atomic mass is 10.2. The maximum absolute atomic E-state index is 11.9. The number of rotatable bonds is 6. The van der Waals surface area contributed by atoms with Crippen molar-refractivity contribution < 1.29 is 9.59 Å². The molecule has 44 heavy (non-hydrogen) atoms. The van der Waals surface area contributed by atoms with E-state index in [0.717, 1.165) is 36.5 Å². The molecule has 5 aromatic rings. The Balaban J connectivity index is 0.000000195. The molecular formula is C30H28Br2ClN7O2S2. The molecule has 0 saturated heterocycles. The fourth-order valence-electron chi connectivity index (χ4n) is 3.55. The molecule has 2 amide bonds. The van der Waals surface area contributed by atoms with E-state index in [2.05, 4.69) is 79.9 Å². The van der Waals surface area contributed by atoms with Gasteiger partial charge in [0, 0.05) is 33.4 Å². The van der Waals surface area contributed by atoms with Crippen molar-refractivity contribution in [3.05, 3.63) is 99.7 Å². The van der Waals surface area contributed by atoms with Crippen molar-refractivity contribution in [2.45, 2.75) is 19.0 Å². The molecule has 228 valence electrons. The fraction of sp³-hybridized carbons (Fsp3) is 0.133. The number of hydrogen-bond donors (Lipinski definition) is 4. The average Bonchev–Trinajstić information content (AvgIpc) is 3.61. The van der Waals surface area contributed by atoms with Crippen LogP contribution in [-0.4, -0.2) is 48.4 Å². The van der Waals surface area contributed by atoms with Crippen LogP contribution < -0.4 is 16.0 Å². The smallest absolute Gasteiger partial charge is 0.240 e. The lowest BCUT2D eigenvalue weighted by Gasteiger charge is -2.03. The number of thiocarbonyl (C=S) groups is 1. The van der Waals surface area contributed by atoms with Crippen molar-refractivity contribution in [2.24, 2.45) is 0 Å². The van der Waals surface area contributed by atoms with Crippen molar-refractivity contribution in [3.8, 4) is 0 Å². The van der Waals surface area contributed by atoms with Crippen LogP contribution in [0.25, 0.3) is 11.0 Å². The zero-order chi connectivity index (χ0) is 30.6. The molecule has 0 atom stereocenters. The molecule has 1 aliphatic rings. The van der Waals surface area contributed by atoms with Crippen molar-refractivity contribution in [3.63, 3.8) is 0 Å². The number of carbonyl (C=O) groups excluding carboxylic acids is 2. The van der Waals surface area contributed by atoms with Gasteiger partial charge in [-0.3, -0.25) is 9.59 Å². The zero-order valence-corrected chi connectivity index (χ0v) is 27.9. The number of fused-ring (bicyclic) bond motifs is 2. The number of hydrogen-bond acceptors (Lipinski definition) is 7. The van der Waals surface area contributed by atoms with Gasteiger partial charge < -0.3 is 20.9 Å². The lowest BCUT2D eigenvalue weighted by Crippen LogP contribution is -2.14. The van der Waals surface area contributed by atoms with Crippen molar-refractivity contribution >= 4 is 113 Å². The summed E-state index contributed by atoms with van der Waals surface area (Å²) < 4.78 is 1.74. The Morgan fingerprint density at radius 2 is 1.50 bits per heavy atom. The van der Waals surface area contributed by atoms with E-state index in [1.807, 2.05) is 42.5 Å². The molecule has 0 aliphatic carbocycles. The molecule has 0 unspecified atom stereocenters. The van der Waals surface area contributed by atoms with Crippen molar-refractivity contribution in [1.29, 1.82) is 0 Å². The summed E-state index contributed by atoms with van der Waals surface area (Å²) in [6.07, 6.45) is 4.15. The van der Waals surface area contributed by atoms with Crippen LogP contribution in [0.4, 0.5) is 17.3 Å². The standard InChI is InChI=1S/C14H11BrN4OS.C8H7NS.C7H6BrClN2O.CH4/c15-9-5-6-12(16-7-9)19-13(20)8-21-14-17-10-3-1-2-4-11(10)18-14;10-8-5-6-3-1-2-4-7(6)9-8;8-5-1-2-6(10-4-5)11-7(12)3-9;/h1-7H,8H2,(H,17,18)(H,16,19,20);1-4H,5H2,(H,9,10);1-2,4H,3H2,(H,10,11,12);1H4. The number of alkyl halides is 1. The molecule has 4 heterocycles. The second-order valence-corrected chi connectivity index (χ2v) is 12.2. The molecular weight excluding hydrogens is 750 g/mol. The van der Waals surface area contributed by atoms with E-state index in [0.29, 0.717) is 11.6 Å². The number of aromatic amines is 1. The van der Waals surface area contributed by atoms with Crippen LogP contribution in [0, 0.1) is 0 Å². The first kappa shape index (κ1) is 35.1. The molecule has 6 rings (SSSR count). The second-order valence-electron chi connectivity index (χ2n) is 8.68. The highest BCUT2D eigenvalue weighted by Crippen LogP contribution is 2.22. The number of halogens is 3. The molecule has 1 aliphatic heterocycles. The van der Waals surface area contributed by atoms with E-state index in [1.54, 1.807) is 30.6 Å². The Bertz CT molecular complexity index is 1640. The summed E-state index contributed by atoms with van der Waals surface area (Å²) in [5.74, 6) is 0.883. The molecule has 0 spiro atoms. The summed E-state index contributed by atoms with van der Waals surface area (Å²) >= 11 is 18.2. The lowest BCUT2D eigenvalue weighted by molar-refractivity contribution is -0.114. The van der Waals surface area contributed by atoms with Gasteiger partial charge in [0.1, 0.15) is 17.5 Å². The van der Waals surface area contributed by atoms with Gasteiger partial charge in [0.15, 0.2) is 5.16 Å². The molecule has 0 bridgehead atoms. The predicted molar refractivity (Wildman–Crippen MR) is 192 cm³/mol. The minimum atomic E-state index is -0.258. The largest absolute Gasteiger partial charge is 0.350 e. The maximum Gasteiger partial charge on any atom is 0.240 e. The molecule has 3 aromatic heterocycles. The van der Waals surface area contributed by atoms with Crippen molar-refractivity contribution in [2.75, 3.05) is 27.6 Å². The van der Waals surface area contributed by atoms with Crippen LogP contribution in [-0.2, 0) is 16.0 Å². The molecule has 9 nitrogen and oxygen atoms in total. The van der Waals surface area contributed by atoms with Gasteiger partial charge in [-0.15, -0.1) is 11.6 Å². The Morgan fingerprint density at radius 3 is 2.09 bits per heavy atom. The predicted octanol–water partition coefficient (Wildman–Crippen LogP) is 8.09. The first-order valence-corrected chi connectivity index (χ1v) is 16.1. The van der Waals surface area contributed by atoms with Gasteiger partial charge in [-0.1, -0.05) is 61.7 Å². The van der Waals surface area contributed by atoms with Gasteiger partial charge in [0.05, 0.1) is 21.8 Å². The van der Waals surface area contributed by atoms with Crippen LogP contribution >= 0.6 is 67.4 Å². The number of anilines is 3. The first-order valence-electron chi connectivity index (χ1n) is 12.6. The number of amides is 2. The second kappa shape index (κ2) is 17.8. The molecule has 2 aromatic carbocycles. The van der Waals surface area contributed by atoms with E-state index in [9.17, 15) is 9.59 Å². The van der Waals surface area contributed by atoms with Gasteiger partial charge in [-0.2, -0.15) is 0 Å². The SMILES string of the molecule is C.O=C(CCl)Nc1ccc(Br)cn1.O=C(CSc1nc2ccccc2[nH]1)Nc1ccc(Br)cn1.S=C1Cc2ccccc2N1. The molecule has 4 N–H and O–H groups in total. The summed E-state index contributed by atoms with van der Waals surface area (Å²) in [5.41, 5.74) is 4.35. The third-order valence-electron chi connectivity index (χ3n) is 5.46. The zero-order valence-electron chi connectivity index (χ0n) is 22.3. The average molecular weight is 778 g/mol. The third-order valence-corrected chi connectivity index (χ3v) is 7.76. The number of H-pyrrole nitrogens is 1. The Morgan fingerprint density at radius 1 is 0.886 bits per heavy atom. The summed E-state index contributed by atoms with van der Waals surface area (Å²) in [7, 11) is 0. The number of nitrogens with zero attached hydrogens (tertiary/aromatic N) is 3. The fourth-order valence-corrected chi connectivity index (χ4v) is 5.04. The number of nitrogens with one attached hydrogen (secondary N) is 4. The molecule has 0 radical (unpaired) electrons.